The van der Waals surface area contributed by atoms with Crippen LogP contribution in [-0.2, 0) is 11.3 Å². The maximum atomic E-state index is 12.3. The van der Waals surface area contributed by atoms with Crippen LogP contribution in [0.3, 0.4) is 0 Å². The van der Waals surface area contributed by atoms with Crippen molar-refractivity contribution in [3.8, 4) is 11.4 Å². The van der Waals surface area contributed by atoms with Gasteiger partial charge >= 0.3 is 0 Å². The predicted molar refractivity (Wildman–Crippen MR) is 121 cm³/mol. The summed E-state index contributed by atoms with van der Waals surface area (Å²) >= 11 is 25.6. The summed E-state index contributed by atoms with van der Waals surface area (Å²) in [5, 5.41) is 13.4. The smallest absolute Gasteiger partial charge is 0.234 e. The minimum absolute atomic E-state index is 0.104. The molecule has 0 bridgehead atoms. The summed E-state index contributed by atoms with van der Waals surface area (Å²) in [4.78, 5) is 12.3. The maximum absolute atomic E-state index is 12.3. The molecule has 0 atom stereocenters. The van der Waals surface area contributed by atoms with Crippen molar-refractivity contribution in [2.24, 2.45) is 0 Å². The zero-order chi connectivity index (χ0) is 21.0. The van der Waals surface area contributed by atoms with E-state index in [2.05, 4.69) is 22.1 Å². The zero-order valence-corrected chi connectivity index (χ0v) is 18.7. The monoisotopic (exact) mass is 486 g/mol. The van der Waals surface area contributed by atoms with Gasteiger partial charge in [-0.2, -0.15) is 0 Å². The number of thioether (sulfide) groups is 1. The Morgan fingerprint density at radius 2 is 1.93 bits per heavy atom. The number of hydrogen-bond donors (Lipinski definition) is 1. The van der Waals surface area contributed by atoms with Gasteiger partial charge in [0.25, 0.3) is 0 Å². The van der Waals surface area contributed by atoms with Gasteiger partial charge in [0.2, 0.25) is 5.91 Å². The molecule has 0 spiro atoms. The van der Waals surface area contributed by atoms with E-state index in [1.54, 1.807) is 42.5 Å². The number of hydrogen-bond acceptors (Lipinski definition) is 4. The van der Waals surface area contributed by atoms with Crippen LogP contribution in [-0.4, -0.2) is 26.4 Å². The van der Waals surface area contributed by atoms with Crippen molar-refractivity contribution in [1.82, 2.24) is 14.8 Å². The predicted octanol–water partition coefficient (Wildman–Crippen LogP) is 6.48. The molecule has 29 heavy (non-hydrogen) atoms. The number of carbonyl (C=O) groups is 1. The van der Waals surface area contributed by atoms with E-state index in [9.17, 15) is 4.79 Å². The zero-order valence-electron chi connectivity index (χ0n) is 14.8. The van der Waals surface area contributed by atoms with Gasteiger partial charge < -0.3 is 5.32 Å². The van der Waals surface area contributed by atoms with Crippen LogP contribution in [0.4, 0.5) is 5.69 Å². The third kappa shape index (κ3) is 5.27. The first-order chi connectivity index (χ1) is 13.9. The van der Waals surface area contributed by atoms with E-state index in [4.69, 9.17) is 46.4 Å². The van der Waals surface area contributed by atoms with Gasteiger partial charge in [-0.15, -0.1) is 16.8 Å². The lowest BCUT2D eigenvalue weighted by atomic mass is 10.2. The van der Waals surface area contributed by atoms with Gasteiger partial charge in [0.1, 0.15) is 0 Å². The van der Waals surface area contributed by atoms with Crippen LogP contribution in [0.1, 0.15) is 0 Å². The third-order valence-corrected chi connectivity index (χ3v) is 6.09. The number of aromatic nitrogens is 3. The molecule has 1 amide bonds. The largest absolute Gasteiger partial charge is 0.324 e. The number of nitrogens with zero attached hydrogens (tertiary/aromatic N) is 3. The molecule has 1 N–H and O–H groups in total. The summed E-state index contributed by atoms with van der Waals surface area (Å²) in [6.07, 6.45) is 1.71. The molecule has 0 aliphatic heterocycles. The van der Waals surface area contributed by atoms with Crippen LogP contribution in [0.25, 0.3) is 11.4 Å². The Hall–Kier alpha value is -1.70. The van der Waals surface area contributed by atoms with Gasteiger partial charge in [-0.1, -0.05) is 70.3 Å². The highest BCUT2D eigenvalue weighted by Gasteiger charge is 2.17. The Balaban J connectivity index is 1.77. The number of allylic oxidation sites excluding steroid dienone is 1. The van der Waals surface area contributed by atoms with E-state index in [1.165, 1.54) is 11.8 Å². The molecule has 5 nitrogen and oxygen atoms in total. The summed E-state index contributed by atoms with van der Waals surface area (Å²) in [6, 6.07) is 10.2. The van der Waals surface area contributed by atoms with Crippen LogP contribution >= 0.6 is 58.2 Å². The molecule has 0 aliphatic rings. The number of halogens is 4. The molecule has 150 valence electrons. The summed E-state index contributed by atoms with van der Waals surface area (Å²) in [5.74, 6) is 0.415. The van der Waals surface area contributed by atoms with E-state index < -0.39 is 0 Å². The van der Waals surface area contributed by atoms with Crippen LogP contribution < -0.4 is 5.32 Å². The van der Waals surface area contributed by atoms with Crippen molar-refractivity contribution in [2.75, 3.05) is 11.1 Å². The van der Waals surface area contributed by atoms with Crippen LogP contribution in [0, 0.1) is 0 Å². The van der Waals surface area contributed by atoms with Gasteiger partial charge in [0.05, 0.1) is 26.5 Å². The average molecular weight is 488 g/mol. The highest BCUT2D eigenvalue weighted by atomic mass is 35.5. The summed E-state index contributed by atoms with van der Waals surface area (Å²) < 4.78 is 1.83. The van der Waals surface area contributed by atoms with E-state index in [0.29, 0.717) is 48.9 Å². The first kappa shape index (κ1) is 22.0. The van der Waals surface area contributed by atoms with Crippen molar-refractivity contribution in [1.29, 1.82) is 0 Å². The highest BCUT2D eigenvalue weighted by Crippen LogP contribution is 2.32. The number of benzene rings is 2. The fourth-order valence-electron chi connectivity index (χ4n) is 2.48. The minimum Gasteiger partial charge on any atom is -0.324 e. The maximum Gasteiger partial charge on any atom is 0.234 e. The minimum atomic E-state index is -0.251. The fraction of sp³-hybridized carbons (Fsp3) is 0.105. The van der Waals surface area contributed by atoms with Crippen molar-refractivity contribution in [2.45, 2.75) is 11.7 Å². The normalized spacial score (nSPS) is 10.8. The Morgan fingerprint density at radius 3 is 2.66 bits per heavy atom. The fourth-order valence-corrected chi connectivity index (χ4v) is 4.06. The van der Waals surface area contributed by atoms with E-state index in [1.807, 2.05) is 4.57 Å². The van der Waals surface area contributed by atoms with Crippen molar-refractivity contribution >= 4 is 69.8 Å². The lowest BCUT2D eigenvalue weighted by molar-refractivity contribution is -0.113. The first-order valence-corrected chi connectivity index (χ1v) is 10.8. The molecule has 10 heteroatoms. The molecule has 0 fully saturated rings. The Bertz CT molecular complexity index is 1070. The van der Waals surface area contributed by atoms with Crippen molar-refractivity contribution in [3.05, 3.63) is 69.1 Å². The Labute approximate surface area is 192 Å². The summed E-state index contributed by atoms with van der Waals surface area (Å²) in [6.45, 7) is 4.22. The number of rotatable bonds is 7. The molecule has 3 rings (SSSR count). The molecule has 0 saturated heterocycles. The summed E-state index contributed by atoms with van der Waals surface area (Å²) in [7, 11) is 0. The topological polar surface area (TPSA) is 59.8 Å². The average Bonchev–Trinajstić information content (AvgIpc) is 3.07. The van der Waals surface area contributed by atoms with E-state index >= 15 is 0 Å². The molecule has 0 saturated carbocycles. The molecule has 0 unspecified atom stereocenters. The van der Waals surface area contributed by atoms with Gasteiger partial charge in [0.15, 0.2) is 11.0 Å². The number of carbonyl (C=O) groups excluding carboxylic acids is 1. The number of nitrogens with one attached hydrogen (secondary N) is 1. The van der Waals surface area contributed by atoms with Gasteiger partial charge in [-0.3, -0.25) is 9.36 Å². The first-order valence-electron chi connectivity index (χ1n) is 8.27. The molecule has 1 aromatic heterocycles. The quantitative estimate of drug-likeness (QED) is 0.306. The van der Waals surface area contributed by atoms with Gasteiger partial charge in [0, 0.05) is 17.1 Å². The van der Waals surface area contributed by atoms with Crippen LogP contribution in [0.5, 0.6) is 0 Å². The summed E-state index contributed by atoms with van der Waals surface area (Å²) in [5.41, 5.74) is 1.14. The van der Waals surface area contributed by atoms with Crippen molar-refractivity contribution < 1.29 is 4.79 Å². The SMILES string of the molecule is C=CCn1c(SCC(=O)Nc2cccc(Cl)c2Cl)nnc1-c1ccc(Cl)cc1Cl. The Kier molecular flexibility index (Phi) is 7.49. The van der Waals surface area contributed by atoms with Crippen LogP contribution in [0.15, 0.2) is 54.2 Å². The van der Waals surface area contributed by atoms with E-state index in [-0.39, 0.29) is 11.7 Å². The standard InChI is InChI=1S/C19H14Cl4N4OS/c1-2-8-27-18(12-7-6-11(20)9-14(12)22)25-26-19(27)29-10-16(28)24-15-5-3-4-13(21)17(15)23/h2-7,9H,1,8,10H2,(H,24,28). The lowest BCUT2D eigenvalue weighted by Gasteiger charge is -2.10. The molecule has 2 aromatic carbocycles. The second-order valence-corrected chi connectivity index (χ2v) is 8.34. The number of anilines is 1. The van der Waals surface area contributed by atoms with Crippen LogP contribution in [0.2, 0.25) is 20.1 Å². The van der Waals surface area contributed by atoms with E-state index in [0.717, 1.165) is 0 Å². The van der Waals surface area contributed by atoms with Gasteiger partial charge in [-0.05, 0) is 30.3 Å². The Morgan fingerprint density at radius 1 is 1.14 bits per heavy atom. The van der Waals surface area contributed by atoms with Gasteiger partial charge in [-0.25, -0.2) is 0 Å². The third-order valence-electron chi connectivity index (χ3n) is 3.76. The van der Waals surface area contributed by atoms with Crippen molar-refractivity contribution in [3.63, 3.8) is 0 Å². The molecule has 0 aliphatic carbocycles. The molecular weight excluding hydrogens is 474 g/mol. The lowest BCUT2D eigenvalue weighted by Crippen LogP contribution is -2.15. The second kappa shape index (κ2) is 9.87. The molecular formula is C19H14Cl4N4OS. The molecule has 3 aromatic rings. The molecule has 0 radical (unpaired) electrons. The number of amides is 1. The molecule has 1 heterocycles. The second-order valence-electron chi connectivity index (χ2n) is 5.77. The highest BCUT2D eigenvalue weighted by molar-refractivity contribution is 7.99.